The Balaban J connectivity index is 2.25. The second-order valence-electron chi connectivity index (χ2n) is 4.06. The molecule has 0 aliphatic heterocycles. The van der Waals surface area contributed by atoms with Crippen LogP contribution in [-0.2, 0) is 0 Å². The maximum Gasteiger partial charge on any atom is 0.330 e. The second kappa shape index (κ2) is 7.16. The van der Waals surface area contributed by atoms with Crippen LogP contribution in [-0.4, -0.2) is 28.6 Å². The molecule has 0 unspecified atom stereocenters. The quantitative estimate of drug-likeness (QED) is 0.855. The van der Waals surface area contributed by atoms with E-state index in [9.17, 15) is 4.39 Å². The molecule has 6 nitrogen and oxygen atoms in total. The fraction of sp³-hybridized carbons (Fsp3) is 0.308. The van der Waals surface area contributed by atoms with E-state index in [-0.39, 0.29) is 17.8 Å². The van der Waals surface area contributed by atoms with Gasteiger partial charge in [0.15, 0.2) is 0 Å². The predicted octanol–water partition coefficient (Wildman–Crippen LogP) is 3.40. The maximum absolute atomic E-state index is 13.3. The Morgan fingerprint density at radius 2 is 1.95 bits per heavy atom. The molecule has 0 bridgehead atoms. The topological polar surface area (TPSA) is 69.2 Å². The van der Waals surface area contributed by atoms with Crippen molar-refractivity contribution in [1.29, 1.82) is 0 Å². The van der Waals surface area contributed by atoms with Crippen molar-refractivity contribution in [2.75, 3.05) is 19.0 Å². The largest absolute Gasteiger partial charge is 0.467 e. The molecule has 8 heteroatoms. The summed E-state index contributed by atoms with van der Waals surface area (Å²) in [7, 11) is 1.45. The van der Waals surface area contributed by atoms with Gasteiger partial charge < -0.3 is 14.8 Å². The molecule has 0 saturated carbocycles. The van der Waals surface area contributed by atoms with E-state index in [0.717, 1.165) is 6.42 Å². The van der Waals surface area contributed by atoms with Crippen molar-refractivity contribution in [1.82, 2.24) is 15.0 Å². The van der Waals surface area contributed by atoms with E-state index in [4.69, 9.17) is 9.47 Å². The Hall–Kier alpha value is -1.96. The molecule has 21 heavy (non-hydrogen) atoms. The first-order valence-corrected chi connectivity index (χ1v) is 7.08. The summed E-state index contributed by atoms with van der Waals surface area (Å²) < 4.78 is 24.3. The standard InChI is InChI=1S/C13H14BrFN4O2/c1-3-4-16-11-17-12(20-2)19-13(18-11)21-10-6-8(14)5-9(15)7-10/h5-7H,3-4H2,1-2H3,(H,16,17,18,19). The number of rotatable bonds is 6. The highest BCUT2D eigenvalue weighted by atomic mass is 79.9. The van der Waals surface area contributed by atoms with Crippen LogP contribution < -0.4 is 14.8 Å². The van der Waals surface area contributed by atoms with Gasteiger partial charge in [-0.1, -0.05) is 22.9 Å². The van der Waals surface area contributed by atoms with Gasteiger partial charge in [-0.3, -0.25) is 0 Å². The number of ether oxygens (including phenoxy) is 2. The highest BCUT2D eigenvalue weighted by Crippen LogP contribution is 2.25. The molecule has 1 aromatic carbocycles. The summed E-state index contributed by atoms with van der Waals surface area (Å²) in [6, 6.07) is 4.32. The number of methoxy groups -OCH3 is 1. The highest BCUT2D eigenvalue weighted by Gasteiger charge is 2.10. The minimum Gasteiger partial charge on any atom is -0.467 e. The first-order chi connectivity index (χ1) is 10.1. The Kier molecular flexibility index (Phi) is 5.26. The van der Waals surface area contributed by atoms with Gasteiger partial charge in [-0.15, -0.1) is 4.98 Å². The van der Waals surface area contributed by atoms with Gasteiger partial charge in [-0.2, -0.15) is 9.97 Å². The van der Waals surface area contributed by atoms with Crippen molar-refractivity contribution in [2.45, 2.75) is 13.3 Å². The van der Waals surface area contributed by atoms with E-state index in [1.165, 1.54) is 19.2 Å². The van der Waals surface area contributed by atoms with Crippen molar-refractivity contribution in [3.8, 4) is 17.8 Å². The first kappa shape index (κ1) is 15.4. The van der Waals surface area contributed by atoms with E-state index < -0.39 is 5.82 Å². The lowest BCUT2D eigenvalue weighted by Crippen LogP contribution is -2.07. The molecule has 1 aromatic heterocycles. The summed E-state index contributed by atoms with van der Waals surface area (Å²) in [6.07, 6.45) is 0.918. The Bertz CT molecular complexity index is 607. The molecule has 112 valence electrons. The lowest BCUT2D eigenvalue weighted by molar-refractivity contribution is 0.359. The van der Waals surface area contributed by atoms with Crippen molar-refractivity contribution < 1.29 is 13.9 Å². The van der Waals surface area contributed by atoms with Crippen LogP contribution in [0.1, 0.15) is 13.3 Å². The molecule has 1 N–H and O–H groups in total. The monoisotopic (exact) mass is 356 g/mol. The Morgan fingerprint density at radius 3 is 2.62 bits per heavy atom. The van der Waals surface area contributed by atoms with Gasteiger partial charge in [-0.05, 0) is 18.6 Å². The third-order valence-corrected chi connectivity index (χ3v) is 2.81. The van der Waals surface area contributed by atoms with Crippen LogP contribution in [0.3, 0.4) is 0 Å². The number of hydrogen-bond acceptors (Lipinski definition) is 6. The van der Waals surface area contributed by atoms with E-state index in [1.807, 2.05) is 6.92 Å². The molecule has 0 radical (unpaired) electrons. The third-order valence-electron chi connectivity index (χ3n) is 2.36. The average Bonchev–Trinajstić information content (AvgIpc) is 2.43. The average molecular weight is 357 g/mol. The fourth-order valence-corrected chi connectivity index (χ4v) is 1.93. The van der Waals surface area contributed by atoms with Gasteiger partial charge in [-0.25, -0.2) is 4.39 Å². The molecule has 0 aliphatic rings. The number of anilines is 1. The molecular weight excluding hydrogens is 343 g/mol. The smallest absolute Gasteiger partial charge is 0.330 e. The number of hydrogen-bond donors (Lipinski definition) is 1. The SMILES string of the molecule is CCCNc1nc(OC)nc(Oc2cc(F)cc(Br)c2)n1. The van der Waals surface area contributed by atoms with Gasteiger partial charge in [0.05, 0.1) is 7.11 Å². The van der Waals surface area contributed by atoms with E-state index in [0.29, 0.717) is 17.0 Å². The van der Waals surface area contributed by atoms with Gasteiger partial charge >= 0.3 is 12.0 Å². The lowest BCUT2D eigenvalue weighted by Gasteiger charge is -2.08. The normalized spacial score (nSPS) is 10.3. The fourth-order valence-electron chi connectivity index (χ4n) is 1.48. The van der Waals surface area contributed by atoms with Crippen LogP contribution >= 0.6 is 15.9 Å². The minimum absolute atomic E-state index is 0.0259. The zero-order chi connectivity index (χ0) is 15.2. The molecule has 0 saturated heterocycles. The molecule has 0 atom stereocenters. The van der Waals surface area contributed by atoms with Crippen LogP contribution in [0.4, 0.5) is 10.3 Å². The molecule has 0 amide bonds. The Labute approximate surface area is 129 Å². The van der Waals surface area contributed by atoms with Crippen molar-refractivity contribution in [3.05, 3.63) is 28.5 Å². The first-order valence-electron chi connectivity index (χ1n) is 6.28. The van der Waals surface area contributed by atoms with Crippen molar-refractivity contribution in [3.63, 3.8) is 0 Å². The lowest BCUT2D eigenvalue weighted by atomic mass is 10.3. The van der Waals surface area contributed by atoms with Gasteiger partial charge in [0.2, 0.25) is 5.95 Å². The van der Waals surface area contributed by atoms with Crippen LogP contribution in [0.5, 0.6) is 17.8 Å². The molecular formula is C13H14BrFN4O2. The minimum atomic E-state index is -0.426. The number of aromatic nitrogens is 3. The van der Waals surface area contributed by atoms with Gasteiger partial charge in [0.25, 0.3) is 0 Å². The second-order valence-corrected chi connectivity index (χ2v) is 4.98. The van der Waals surface area contributed by atoms with Crippen LogP contribution in [0, 0.1) is 5.82 Å². The Morgan fingerprint density at radius 1 is 1.19 bits per heavy atom. The van der Waals surface area contributed by atoms with Crippen molar-refractivity contribution in [2.24, 2.45) is 0 Å². The summed E-state index contributed by atoms with van der Waals surface area (Å²) in [5, 5.41) is 3.01. The number of halogens is 2. The summed E-state index contributed by atoms with van der Waals surface area (Å²) in [4.78, 5) is 12.1. The molecule has 0 fully saturated rings. The highest BCUT2D eigenvalue weighted by molar-refractivity contribution is 9.10. The van der Waals surface area contributed by atoms with Crippen LogP contribution in [0.25, 0.3) is 0 Å². The zero-order valence-corrected chi connectivity index (χ0v) is 13.1. The zero-order valence-electron chi connectivity index (χ0n) is 11.6. The van der Waals surface area contributed by atoms with Crippen LogP contribution in [0.2, 0.25) is 0 Å². The number of benzene rings is 1. The molecule has 2 aromatic rings. The summed E-state index contributed by atoms with van der Waals surface area (Å²) >= 11 is 3.19. The molecule has 0 aliphatic carbocycles. The summed E-state index contributed by atoms with van der Waals surface area (Å²) in [5.74, 6) is 0.190. The van der Waals surface area contributed by atoms with E-state index in [1.54, 1.807) is 6.07 Å². The van der Waals surface area contributed by atoms with Crippen LogP contribution in [0.15, 0.2) is 22.7 Å². The summed E-state index contributed by atoms with van der Waals surface area (Å²) in [5.41, 5.74) is 0. The number of nitrogens with zero attached hydrogens (tertiary/aromatic N) is 3. The molecule has 2 rings (SSSR count). The maximum atomic E-state index is 13.3. The predicted molar refractivity (Wildman–Crippen MR) is 79.3 cm³/mol. The van der Waals surface area contributed by atoms with Crippen molar-refractivity contribution >= 4 is 21.9 Å². The molecule has 1 heterocycles. The summed E-state index contributed by atoms with van der Waals surface area (Å²) in [6.45, 7) is 2.73. The molecule has 0 spiro atoms. The van der Waals surface area contributed by atoms with E-state index >= 15 is 0 Å². The van der Waals surface area contributed by atoms with Gasteiger partial charge in [0.1, 0.15) is 11.6 Å². The number of nitrogens with one attached hydrogen (secondary N) is 1. The third kappa shape index (κ3) is 4.52. The van der Waals surface area contributed by atoms with Gasteiger partial charge in [0, 0.05) is 17.1 Å². The van der Waals surface area contributed by atoms with E-state index in [2.05, 4.69) is 36.2 Å².